The van der Waals surface area contributed by atoms with Gasteiger partial charge in [-0.1, -0.05) is 13.3 Å². The Labute approximate surface area is 108 Å². The molecule has 0 saturated heterocycles. The maximum atomic E-state index is 11.7. The number of carboxylic acids is 1. The maximum absolute atomic E-state index is 11.7. The van der Waals surface area contributed by atoms with Gasteiger partial charge in [0, 0.05) is 12.5 Å². The van der Waals surface area contributed by atoms with Crippen molar-refractivity contribution in [1.29, 1.82) is 0 Å². The fourth-order valence-electron chi connectivity index (χ4n) is 2.34. The molecular weight excluding hydrogens is 232 g/mol. The number of nitrogens with one attached hydrogen (secondary N) is 1. The van der Waals surface area contributed by atoms with E-state index < -0.39 is 5.97 Å². The van der Waals surface area contributed by atoms with Gasteiger partial charge in [0.25, 0.3) is 0 Å². The van der Waals surface area contributed by atoms with Crippen molar-refractivity contribution < 1.29 is 14.7 Å². The largest absolute Gasteiger partial charge is 0.481 e. The summed E-state index contributed by atoms with van der Waals surface area (Å²) < 4.78 is 0. The average molecular weight is 256 g/mol. The van der Waals surface area contributed by atoms with E-state index in [1.54, 1.807) is 0 Å². The number of aliphatic carboxylic acids is 1. The summed E-state index contributed by atoms with van der Waals surface area (Å²) in [5.74, 6) is -0.669. The number of carbonyl (C=O) groups excluding carboxylic acids is 1. The van der Waals surface area contributed by atoms with Crippen LogP contribution in [0.4, 0.5) is 0 Å². The zero-order chi connectivity index (χ0) is 13.5. The fraction of sp³-hybridized carbons (Fsp3) is 0.846. The minimum absolute atomic E-state index is 0.0198. The highest BCUT2D eigenvalue weighted by atomic mass is 16.4. The van der Waals surface area contributed by atoms with Crippen molar-refractivity contribution in [3.8, 4) is 0 Å². The van der Waals surface area contributed by atoms with E-state index in [2.05, 4.69) is 5.32 Å². The third-order valence-electron chi connectivity index (χ3n) is 3.66. The second kappa shape index (κ2) is 7.36. The molecular formula is C13H24N2O3. The topological polar surface area (TPSA) is 92.4 Å². The molecule has 0 aromatic rings. The van der Waals surface area contributed by atoms with Gasteiger partial charge >= 0.3 is 5.97 Å². The molecule has 1 fully saturated rings. The summed E-state index contributed by atoms with van der Waals surface area (Å²) in [6, 6.07) is 0.0283. The summed E-state index contributed by atoms with van der Waals surface area (Å²) in [7, 11) is 0. The lowest BCUT2D eigenvalue weighted by Crippen LogP contribution is -2.40. The molecule has 18 heavy (non-hydrogen) atoms. The fourth-order valence-corrected chi connectivity index (χ4v) is 2.34. The third kappa shape index (κ3) is 5.04. The average Bonchev–Trinajstić information content (AvgIpc) is 2.36. The molecule has 104 valence electrons. The molecule has 1 saturated carbocycles. The van der Waals surface area contributed by atoms with Gasteiger partial charge in [0.15, 0.2) is 0 Å². The molecule has 1 aliphatic carbocycles. The Bertz CT molecular complexity index is 294. The van der Waals surface area contributed by atoms with Gasteiger partial charge in [-0.05, 0) is 38.1 Å². The van der Waals surface area contributed by atoms with Crippen LogP contribution in [0.3, 0.4) is 0 Å². The standard InChI is InChI=1S/C13H24N2O3/c1-9(8-14)5-6-12(16)15-11-4-2-3-10(7-11)13(17)18/h9-11H,2-8,14H2,1H3,(H,15,16)(H,17,18). The number of amides is 1. The van der Waals surface area contributed by atoms with Crippen LogP contribution in [0, 0.1) is 11.8 Å². The second-order valence-corrected chi connectivity index (χ2v) is 5.35. The molecule has 0 spiro atoms. The van der Waals surface area contributed by atoms with Crippen molar-refractivity contribution in [2.24, 2.45) is 17.6 Å². The first-order valence-electron chi connectivity index (χ1n) is 6.75. The van der Waals surface area contributed by atoms with E-state index in [4.69, 9.17) is 10.8 Å². The second-order valence-electron chi connectivity index (χ2n) is 5.35. The molecule has 3 unspecified atom stereocenters. The lowest BCUT2D eigenvalue weighted by atomic mass is 9.85. The van der Waals surface area contributed by atoms with Crippen molar-refractivity contribution >= 4 is 11.9 Å². The van der Waals surface area contributed by atoms with E-state index in [0.29, 0.717) is 25.3 Å². The predicted octanol–water partition coefficient (Wildman–Crippen LogP) is 1.12. The zero-order valence-electron chi connectivity index (χ0n) is 11.0. The molecule has 3 atom stereocenters. The number of carbonyl (C=O) groups is 2. The predicted molar refractivity (Wildman–Crippen MR) is 69.0 cm³/mol. The SMILES string of the molecule is CC(CN)CCC(=O)NC1CCCC(C(=O)O)C1. The maximum Gasteiger partial charge on any atom is 0.306 e. The number of rotatable bonds is 6. The molecule has 1 amide bonds. The van der Waals surface area contributed by atoms with Gasteiger partial charge in [-0.25, -0.2) is 0 Å². The van der Waals surface area contributed by atoms with Gasteiger partial charge in [0.05, 0.1) is 5.92 Å². The zero-order valence-corrected chi connectivity index (χ0v) is 11.0. The smallest absolute Gasteiger partial charge is 0.306 e. The molecule has 5 heteroatoms. The van der Waals surface area contributed by atoms with Crippen LogP contribution in [-0.4, -0.2) is 29.6 Å². The van der Waals surface area contributed by atoms with Crippen LogP contribution in [0.15, 0.2) is 0 Å². The number of hydrogen-bond acceptors (Lipinski definition) is 3. The lowest BCUT2D eigenvalue weighted by molar-refractivity contribution is -0.143. The first-order valence-corrected chi connectivity index (χ1v) is 6.75. The summed E-state index contributed by atoms with van der Waals surface area (Å²) in [6.45, 7) is 2.62. The monoisotopic (exact) mass is 256 g/mol. The van der Waals surface area contributed by atoms with Crippen molar-refractivity contribution in [2.75, 3.05) is 6.54 Å². The summed E-state index contributed by atoms with van der Waals surface area (Å²) in [5, 5.41) is 11.9. The Balaban J connectivity index is 2.29. The van der Waals surface area contributed by atoms with E-state index in [0.717, 1.165) is 25.7 Å². The van der Waals surface area contributed by atoms with Crippen LogP contribution in [-0.2, 0) is 9.59 Å². The number of carboxylic acid groups (broad SMARTS) is 1. The summed E-state index contributed by atoms with van der Waals surface area (Å²) in [6.07, 6.45) is 4.33. The molecule has 4 N–H and O–H groups in total. The Morgan fingerprint density at radius 3 is 2.78 bits per heavy atom. The van der Waals surface area contributed by atoms with E-state index >= 15 is 0 Å². The van der Waals surface area contributed by atoms with Crippen LogP contribution >= 0.6 is 0 Å². The van der Waals surface area contributed by atoms with E-state index in [9.17, 15) is 9.59 Å². The van der Waals surface area contributed by atoms with Crippen LogP contribution in [0.2, 0.25) is 0 Å². The third-order valence-corrected chi connectivity index (χ3v) is 3.66. The van der Waals surface area contributed by atoms with Crippen LogP contribution in [0.25, 0.3) is 0 Å². The summed E-state index contributed by atoms with van der Waals surface area (Å²) >= 11 is 0. The molecule has 0 aliphatic heterocycles. The van der Waals surface area contributed by atoms with Crippen molar-refractivity contribution in [2.45, 2.75) is 51.5 Å². The summed E-state index contributed by atoms with van der Waals surface area (Å²) in [4.78, 5) is 22.6. The quantitative estimate of drug-likeness (QED) is 0.664. The summed E-state index contributed by atoms with van der Waals surface area (Å²) in [5.41, 5.74) is 5.50. The molecule has 1 aliphatic rings. The molecule has 1 rings (SSSR count). The number of hydrogen-bond donors (Lipinski definition) is 3. The van der Waals surface area contributed by atoms with Gasteiger partial charge in [-0.3, -0.25) is 9.59 Å². The molecule has 0 radical (unpaired) electrons. The normalized spacial score (nSPS) is 25.4. The van der Waals surface area contributed by atoms with Gasteiger partial charge in [0.2, 0.25) is 5.91 Å². The van der Waals surface area contributed by atoms with Crippen LogP contribution in [0.5, 0.6) is 0 Å². The van der Waals surface area contributed by atoms with Gasteiger partial charge in [-0.15, -0.1) is 0 Å². The van der Waals surface area contributed by atoms with E-state index in [1.165, 1.54) is 0 Å². The van der Waals surface area contributed by atoms with E-state index in [1.807, 2.05) is 6.92 Å². The Morgan fingerprint density at radius 1 is 1.44 bits per heavy atom. The Morgan fingerprint density at radius 2 is 2.17 bits per heavy atom. The Hall–Kier alpha value is -1.10. The number of nitrogens with two attached hydrogens (primary N) is 1. The van der Waals surface area contributed by atoms with E-state index in [-0.39, 0.29) is 17.9 Å². The van der Waals surface area contributed by atoms with Crippen molar-refractivity contribution in [1.82, 2.24) is 5.32 Å². The van der Waals surface area contributed by atoms with Crippen LogP contribution in [0.1, 0.15) is 45.4 Å². The lowest BCUT2D eigenvalue weighted by Gasteiger charge is -2.27. The molecule has 0 aromatic carbocycles. The van der Waals surface area contributed by atoms with Crippen molar-refractivity contribution in [3.63, 3.8) is 0 Å². The molecule has 0 aromatic heterocycles. The molecule has 5 nitrogen and oxygen atoms in total. The minimum Gasteiger partial charge on any atom is -0.481 e. The first kappa shape index (κ1) is 15.0. The first-order chi connectivity index (χ1) is 8.52. The van der Waals surface area contributed by atoms with Gasteiger partial charge in [-0.2, -0.15) is 0 Å². The molecule has 0 bridgehead atoms. The molecule has 0 heterocycles. The van der Waals surface area contributed by atoms with Crippen molar-refractivity contribution in [3.05, 3.63) is 0 Å². The highest BCUT2D eigenvalue weighted by molar-refractivity contribution is 5.76. The minimum atomic E-state index is -0.745. The van der Waals surface area contributed by atoms with Gasteiger partial charge < -0.3 is 16.2 Å². The van der Waals surface area contributed by atoms with Crippen LogP contribution < -0.4 is 11.1 Å². The highest BCUT2D eigenvalue weighted by Crippen LogP contribution is 2.24. The highest BCUT2D eigenvalue weighted by Gasteiger charge is 2.27. The Kier molecular flexibility index (Phi) is 6.12. The van der Waals surface area contributed by atoms with Gasteiger partial charge in [0.1, 0.15) is 0 Å².